The van der Waals surface area contributed by atoms with Gasteiger partial charge in [0.25, 0.3) is 5.91 Å². The molecule has 0 saturated heterocycles. The Morgan fingerprint density at radius 3 is 3.05 bits per heavy atom. The van der Waals surface area contributed by atoms with Gasteiger partial charge in [0.2, 0.25) is 0 Å². The van der Waals surface area contributed by atoms with Crippen LogP contribution in [-0.2, 0) is 16.0 Å². The Hall–Kier alpha value is -1.59. The van der Waals surface area contributed by atoms with Crippen molar-refractivity contribution in [1.82, 2.24) is 5.32 Å². The van der Waals surface area contributed by atoms with Crippen LogP contribution in [0.2, 0.25) is 0 Å². The molecule has 0 saturated carbocycles. The molecular weight excluding hydrogens is 244 g/mol. The largest absolute Gasteiger partial charge is 0.482 e. The molecule has 5 nitrogen and oxygen atoms in total. The Labute approximate surface area is 113 Å². The van der Waals surface area contributed by atoms with Gasteiger partial charge in [-0.3, -0.25) is 4.79 Å². The molecule has 1 aromatic carbocycles. The van der Waals surface area contributed by atoms with E-state index in [1.165, 1.54) is 0 Å². The van der Waals surface area contributed by atoms with Crippen LogP contribution in [0.25, 0.3) is 0 Å². The van der Waals surface area contributed by atoms with E-state index in [9.17, 15) is 4.79 Å². The van der Waals surface area contributed by atoms with Crippen LogP contribution in [0.5, 0.6) is 5.75 Å². The summed E-state index contributed by atoms with van der Waals surface area (Å²) < 4.78 is 10.9. The number of hydrogen-bond acceptors (Lipinski definition) is 4. The monoisotopic (exact) mass is 264 g/mol. The molecule has 1 N–H and O–H groups in total. The van der Waals surface area contributed by atoms with Crippen LogP contribution in [0.1, 0.15) is 5.56 Å². The molecule has 1 aliphatic rings. The van der Waals surface area contributed by atoms with Crippen molar-refractivity contribution in [3.63, 3.8) is 0 Å². The Bertz CT molecular complexity index is 448. The summed E-state index contributed by atoms with van der Waals surface area (Å²) in [5.74, 6) is 0.747. The molecule has 19 heavy (non-hydrogen) atoms. The normalized spacial score (nSPS) is 14.2. The minimum atomic E-state index is -0.0186. The Balaban J connectivity index is 1.94. The van der Waals surface area contributed by atoms with Crippen LogP contribution in [0.3, 0.4) is 0 Å². The highest BCUT2D eigenvalue weighted by molar-refractivity contribution is 5.97. The molecule has 1 aliphatic heterocycles. The van der Waals surface area contributed by atoms with Crippen LogP contribution in [0, 0.1) is 0 Å². The van der Waals surface area contributed by atoms with Gasteiger partial charge in [-0.25, -0.2) is 0 Å². The average molecular weight is 264 g/mol. The summed E-state index contributed by atoms with van der Waals surface area (Å²) in [6, 6.07) is 5.93. The first-order valence-corrected chi connectivity index (χ1v) is 6.47. The lowest BCUT2D eigenvalue weighted by Crippen LogP contribution is -2.35. The highest BCUT2D eigenvalue weighted by Gasteiger charge is 2.22. The second kappa shape index (κ2) is 6.54. The summed E-state index contributed by atoms with van der Waals surface area (Å²) in [7, 11) is 3.68. The maximum atomic E-state index is 11.6. The maximum absolute atomic E-state index is 11.6. The average Bonchev–Trinajstić information content (AvgIpc) is 2.43. The van der Waals surface area contributed by atoms with Crippen molar-refractivity contribution in [2.75, 3.05) is 45.4 Å². The zero-order valence-electron chi connectivity index (χ0n) is 11.4. The van der Waals surface area contributed by atoms with Crippen molar-refractivity contribution in [1.29, 1.82) is 0 Å². The van der Waals surface area contributed by atoms with Crippen molar-refractivity contribution >= 4 is 11.6 Å². The van der Waals surface area contributed by atoms with Gasteiger partial charge in [0, 0.05) is 13.6 Å². The van der Waals surface area contributed by atoms with Crippen molar-refractivity contribution in [2.24, 2.45) is 0 Å². The van der Waals surface area contributed by atoms with Gasteiger partial charge in [-0.15, -0.1) is 0 Å². The van der Waals surface area contributed by atoms with Crippen LogP contribution in [0.4, 0.5) is 5.69 Å². The van der Waals surface area contributed by atoms with E-state index in [0.29, 0.717) is 13.2 Å². The summed E-state index contributed by atoms with van der Waals surface area (Å²) in [4.78, 5) is 13.2. The lowest BCUT2D eigenvalue weighted by atomic mass is 10.1. The topological polar surface area (TPSA) is 50.8 Å². The third-order valence-corrected chi connectivity index (χ3v) is 3.14. The van der Waals surface area contributed by atoms with E-state index in [1.807, 2.05) is 25.2 Å². The molecule has 1 aromatic rings. The number of nitrogens with one attached hydrogen (secondary N) is 1. The number of carbonyl (C=O) groups is 1. The van der Waals surface area contributed by atoms with E-state index in [-0.39, 0.29) is 12.5 Å². The fraction of sp³-hybridized carbons (Fsp3) is 0.500. The number of nitrogens with zero attached hydrogens (tertiary/aromatic N) is 1. The van der Waals surface area contributed by atoms with Crippen LogP contribution < -0.4 is 15.0 Å². The van der Waals surface area contributed by atoms with Gasteiger partial charge in [0.1, 0.15) is 5.75 Å². The number of amides is 1. The molecule has 0 unspecified atom stereocenters. The van der Waals surface area contributed by atoms with E-state index in [2.05, 4.69) is 5.32 Å². The Kier molecular flexibility index (Phi) is 4.76. The van der Waals surface area contributed by atoms with E-state index < -0.39 is 0 Å². The fourth-order valence-corrected chi connectivity index (χ4v) is 1.94. The minimum absolute atomic E-state index is 0.0186. The standard InChI is InChI=1S/C14H20N2O3/c1-15-6-8-18-7-5-11-3-4-13-12(9-11)16(2)14(17)10-19-13/h3-4,9,15H,5-8,10H2,1-2H3. The lowest BCUT2D eigenvalue weighted by molar-refractivity contribution is -0.120. The Morgan fingerprint density at radius 1 is 1.42 bits per heavy atom. The summed E-state index contributed by atoms with van der Waals surface area (Å²) >= 11 is 0. The van der Waals surface area contributed by atoms with Gasteiger partial charge >= 0.3 is 0 Å². The molecular formula is C14H20N2O3. The van der Waals surface area contributed by atoms with Gasteiger partial charge in [-0.2, -0.15) is 0 Å². The van der Waals surface area contributed by atoms with Crippen molar-refractivity contribution in [3.8, 4) is 5.75 Å². The quantitative estimate of drug-likeness (QED) is 0.773. The van der Waals surface area contributed by atoms with Crippen molar-refractivity contribution in [3.05, 3.63) is 23.8 Å². The molecule has 0 atom stereocenters. The smallest absolute Gasteiger partial charge is 0.264 e. The first kappa shape index (κ1) is 13.8. The number of carbonyl (C=O) groups excluding carboxylic acids is 1. The van der Waals surface area contributed by atoms with Crippen molar-refractivity contribution in [2.45, 2.75) is 6.42 Å². The first-order valence-electron chi connectivity index (χ1n) is 6.47. The van der Waals surface area contributed by atoms with Crippen molar-refractivity contribution < 1.29 is 14.3 Å². The van der Waals surface area contributed by atoms with E-state index in [0.717, 1.165) is 30.0 Å². The maximum Gasteiger partial charge on any atom is 0.264 e. The molecule has 1 heterocycles. The number of rotatable bonds is 6. The number of benzene rings is 1. The second-order valence-electron chi connectivity index (χ2n) is 4.51. The summed E-state index contributed by atoms with van der Waals surface area (Å²) in [6.45, 7) is 2.37. The minimum Gasteiger partial charge on any atom is -0.482 e. The molecule has 0 radical (unpaired) electrons. The molecule has 0 fully saturated rings. The summed E-state index contributed by atoms with van der Waals surface area (Å²) in [5, 5.41) is 3.03. The third kappa shape index (κ3) is 3.45. The van der Waals surface area contributed by atoms with E-state index in [1.54, 1.807) is 11.9 Å². The molecule has 0 spiro atoms. The third-order valence-electron chi connectivity index (χ3n) is 3.14. The van der Waals surface area contributed by atoms with Crippen LogP contribution in [0.15, 0.2) is 18.2 Å². The molecule has 0 aromatic heterocycles. The SMILES string of the molecule is CNCCOCCc1ccc2c(c1)N(C)C(=O)CO2. The summed E-state index contributed by atoms with van der Waals surface area (Å²) in [5.41, 5.74) is 1.98. The van der Waals surface area contributed by atoms with Gasteiger partial charge in [-0.05, 0) is 31.2 Å². The van der Waals surface area contributed by atoms with Crippen LogP contribution >= 0.6 is 0 Å². The number of likely N-dealkylation sites (N-methyl/N-ethyl adjacent to an activating group) is 2. The number of hydrogen-bond donors (Lipinski definition) is 1. The molecule has 1 amide bonds. The fourth-order valence-electron chi connectivity index (χ4n) is 1.94. The van der Waals surface area contributed by atoms with Gasteiger partial charge in [0.05, 0.1) is 18.9 Å². The first-order chi connectivity index (χ1) is 9.22. The van der Waals surface area contributed by atoms with Gasteiger partial charge < -0.3 is 19.7 Å². The molecule has 0 aliphatic carbocycles. The number of anilines is 1. The predicted octanol–water partition coefficient (Wildman–Crippen LogP) is 0.820. The Morgan fingerprint density at radius 2 is 2.26 bits per heavy atom. The molecule has 2 rings (SSSR count). The van der Waals surface area contributed by atoms with E-state index >= 15 is 0 Å². The number of fused-ring (bicyclic) bond motifs is 1. The predicted molar refractivity (Wildman–Crippen MR) is 73.8 cm³/mol. The van der Waals surface area contributed by atoms with Crippen LogP contribution in [-0.4, -0.2) is 46.4 Å². The number of ether oxygens (including phenoxy) is 2. The highest BCUT2D eigenvalue weighted by atomic mass is 16.5. The van der Waals surface area contributed by atoms with Gasteiger partial charge in [0.15, 0.2) is 6.61 Å². The highest BCUT2D eigenvalue weighted by Crippen LogP contribution is 2.31. The molecule has 5 heteroatoms. The molecule has 0 bridgehead atoms. The zero-order valence-corrected chi connectivity index (χ0v) is 11.4. The second-order valence-corrected chi connectivity index (χ2v) is 4.51. The van der Waals surface area contributed by atoms with E-state index in [4.69, 9.17) is 9.47 Å². The summed E-state index contributed by atoms with van der Waals surface area (Å²) in [6.07, 6.45) is 0.832. The zero-order chi connectivity index (χ0) is 13.7. The lowest BCUT2D eigenvalue weighted by Gasteiger charge is -2.26. The molecule has 104 valence electrons. The van der Waals surface area contributed by atoms with Gasteiger partial charge in [-0.1, -0.05) is 6.07 Å².